The third-order valence-corrected chi connectivity index (χ3v) is 4.61. The van der Waals surface area contributed by atoms with Gasteiger partial charge in [-0.25, -0.2) is 14.4 Å². The van der Waals surface area contributed by atoms with E-state index >= 15 is 0 Å². The lowest BCUT2D eigenvalue weighted by Crippen LogP contribution is -2.63. The summed E-state index contributed by atoms with van der Waals surface area (Å²) >= 11 is 0. The Kier molecular flexibility index (Phi) is 11.2. The van der Waals surface area contributed by atoms with Crippen LogP contribution >= 0.6 is 0 Å². The van der Waals surface area contributed by atoms with E-state index in [1.54, 1.807) is 0 Å². The largest absolute Gasteiger partial charge is 0.509 e. The van der Waals surface area contributed by atoms with Gasteiger partial charge in [-0.2, -0.15) is 5.26 Å². The first-order valence-corrected chi connectivity index (χ1v) is 10.5. The minimum absolute atomic E-state index is 0.177. The highest BCUT2D eigenvalue weighted by atomic mass is 16.8. The van der Waals surface area contributed by atoms with Crippen molar-refractivity contribution >= 4 is 24.1 Å². The van der Waals surface area contributed by atoms with Gasteiger partial charge in [0.2, 0.25) is 0 Å². The highest BCUT2D eigenvalue weighted by Crippen LogP contribution is 2.30. The van der Waals surface area contributed by atoms with Crippen LogP contribution in [-0.4, -0.2) is 81.1 Å². The Morgan fingerprint density at radius 2 is 1.61 bits per heavy atom. The maximum atomic E-state index is 12.6. The van der Waals surface area contributed by atoms with Crippen molar-refractivity contribution in [2.24, 2.45) is 0 Å². The van der Waals surface area contributed by atoms with Crippen LogP contribution in [0.5, 0.6) is 0 Å². The normalized spacial score (nSPS) is 22.8. The maximum absolute atomic E-state index is 12.6. The summed E-state index contributed by atoms with van der Waals surface area (Å²) in [4.78, 5) is 37.0. The SMILES string of the molecule is C=CCOC(=O)O[C@@H]1[C@@H](OC(=O)OCC=C)[C@@H](OC)O[C@H](CO)[C@H]1OC(=O)Nc1ccc(C#N)cc1. The number of methoxy groups -OCH3 is 1. The van der Waals surface area contributed by atoms with Crippen LogP contribution in [0.15, 0.2) is 49.6 Å². The van der Waals surface area contributed by atoms with Gasteiger partial charge in [0, 0.05) is 12.8 Å². The lowest BCUT2D eigenvalue weighted by molar-refractivity contribution is -0.295. The number of aliphatic hydroxyl groups excluding tert-OH is 1. The van der Waals surface area contributed by atoms with E-state index in [2.05, 4.69) is 18.5 Å². The maximum Gasteiger partial charge on any atom is 0.509 e. The molecule has 0 saturated carbocycles. The summed E-state index contributed by atoms with van der Waals surface area (Å²) in [6.07, 6.45) is -7.98. The number of benzene rings is 1. The van der Waals surface area contributed by atoms with Crippen LogP contribution in [0.1, 0.15) is 5.56 Å². The highest BCUT2D eigenvalue weighted by Gasteiger charge is 2.53. The lowest BCUT2D eigenvalue weighted by Gasteiger charge is -2.43. The second kappa shape index (κ2) is 14.3. The number of rotatable bonds is 10. The van der Waals surface area contributed by atoms with Crippen LogP contribution in [-0.2, 0) is 33.2 Å². The van der Waals surface area contributed by atoms with Crippen LogP contribution in [0, 0.1) is 11.3 Å². The Morgan fingerprint density at radius 1 is 1.03 bits per heavy atom. The standard InChI is InChI=1S/C23H26N2O11/c1-4-10-31-22(28)35-18-17(34-21(27)25-15-8-6-14(12-24)7-9-15)16(13-26)33-20(30-3)19(18)36-23(29)32-11-5-2/h4-9,16-20,26H,1-2,10-11,13H2,3H3,(H,25,27)/t16-,17-,18+,19-,20+/m1/s1. The molecule has 1 saturated heterocycles. The third kappa shape index (κ3) is 7.98. The Balaban J connectivity index is 2.30. The van der Waals surface area contributed by atoms with E-state index in [1.807, 2.05) is 6.07 Å². The molecule has 0 radical (unpaired) electrons. The van der Waals surface area contributed by atoms with Gasteiger partial charge in [0.05, 0.1) is 18.2 Å². The number of nitrogens with zero attached hydrogens (tertiary/aromatic N) is 1. The number of hydrogen-bond acceptors (Lipinski definition) is 12. The van der Waals surface area contributed by atoms with Crippen LogP contribution in [0.2, 0.25) is 0 Å². The van der Waals surface area contributed by atoms with Gasteiger partial charge in [-0.1, -0.05) is 25.3 Å². The molecular formula is C23H26N2O11. The molecule has 1 amide bonds. The number of nitriles is 1. The van der Waals surface area contributed by atoms with Crippen LogP contribution in [0.25, 0.3) is 0 Å². The van der Waals surface area contributed by atoms with Gasteiger partial charge < -0.3 is 38.3 Å². The number of carbonyl (C=O) groups excluding carboxylic acids is 3. The molecule has 0 aromatic heterocycles. The van der Waals surface area contributed by atoms with Crippen molar-refractivity contribution in [3.05, 3.63) is 55.1 Å². The smallest absolute Gasteiger partial charge is 0.439 e. The van der Waals surface area contributed by atoms with E-state index in [-0.39, 0.29) is 18.9 Å². The summed E-state index contributed by atoms with van der Waals surface area (Å²) in [5.41, 5.74) is 0.657. The molecule has 2 N–H and O–H groups in total. The molecule has 13 heteroatoms. The van der Waals surface area contributed by atoms with E-state index in [0.29, 0.717) is 5.56 Å². The number of anilines is 1. The molecule has 0 spiro atoms. The Hall–Kier alpha value is -4.12. The molecule has 1 aromatic rings. The van der Waals surface area contributed by atoms with Crippen molar-refractivity contribution in [3.8, 4) is 6.07 Å². The third-order valence-electron chi connectivity index (χ3n) is 4.61. The first-order chi connectivity index (χ1) is 17.4. The van der Waals surface area contributed by atoms with Gasteiger partial charge >= 0.3 is 18.4 Å². The first-order valence-electron chi connectivity index (χ1n) is 10.5. The monoisotopic (exact) mass is 506 g/mol. The van der Waals surface area contributed by atoms with Crippen molar-refractivity contribution in [2.45, 2.75) is 30.7 Å². The fourth-order valence-electron chi connectivity index (χ4n) is 3.06. The summed E-state index contributed by atoms with van der Waals surface area (Å²) in [6, 6.07) is 7.81. The zero-order valence-electron chi connectivity index (χ0n) is 19.4. The molecule has 1 fully saturated rings. The minimum Gasteiger partial charge on any atom is -0.439 e. The molecule has 2 rings (SSSR count). The van der Waals surface area contributed by atoms with Gasteiger partial charge in [0.25, 0.3) is 0 Å². The van der Waals surface area contributed by atoms with Crippen LogP contribution in [0.4, 0.5) is 20.1 Å². The summed E-state index contributed by atoms with van der Waals surface area (Å²) in [5.74, 6) is 0. The first kappa shape index (κ1) is 28.1. The van der Waals surface area contributed by atoms with E-state index in [9.17, 15) is 19.5 Å². The predicted molar refractivity (Wildman–Crippen MR) is 121 cm³/mol. The molecule has 36 heavy (non-hydrogen) atoms. The number of ether oxygens (including phenoxy) is 7. The summed E-state index contributed by atoms with van der Waals surface area (Å²) in [6.45, 7) is 5.78. The Morgan fingerprint density at radius 3 is 2.11 bits per heavy atom. The Bertz CT molecular complexity index is 960. The van der Waals surface area contributed by atoms with Gasteiger partial charge in [-0.15, -0.1) is 0 Å². The lowest BCUT2D eigenvalue weighted by atomic mass is 9.98. The van der Waals surface area contributed by atoms with E-state index in [4.69, 9.17) is 38.4 Å². The van der Waals surface area contributed by atoms with E-state index in [1.165, 1.54) is 43.5 Å². The molecule has 0 aliphatic carbocycles. The van der Waals surface area contributed by atoms with Crippen molar-refractivity contribution in [2.75, 3.05) is 32.2 Å². The second-order valence-electron chi connectivity index (χ2n) is 7.01. The minimum atomic E-state index is -1.55. The van der Waals surface area contributed by atoms with Crippen molar-refractivity contribution in [1.29, 1.82) is 5.26 Å². The van der Waals surface area contributed by atoms with Crippen molar-refractivity contribution in [1.82, 2.24) is 0 Å². The molecule has 1 heterocycles. The van der Waals surface area contributed by atoms with Gasteiger partial charge in [-0.3, -0.25) is 5.32 Å². The molecule has 1 aliphatic rings. The zero-order chi connectivity index (χ0) is 26.5. The number of hydrogen-bond donors (Lipinski definition) is 2. The molecule has 0 unspecified atom stereocenters. The van der Waals surface area contributed by atoms with Gasteiger partial charge in [-0.05, 0) is 24.3 Å². The quantitative estimate of drug-likeness (QED) is 0.270. The predicted octanol–water partition coefficient (Wildman–Crippen LogP) is 2.25. The number of aliphatic hydroxyl groups is 1. The highest BCUT2D eigenvalue weighted by molar-refractivity contribution is 5.84. The Labute approximate surface area is 206 Å². The molecule has 1 aromatic carbocycles. The second-order valence-corrected chi connectivity index (χ2v) is 7.01. The summed E-state index contributed by atoms with van der Waals surface area (Å²) in [7, 11) is 1.22. The topological polar surface area (TPSA) is 172 Å². The summed E-state index contributed by atoms with van der Waals surface area (Å²) < 4.78 is 36.3. The average Bonchev–Trinajstić information content (AvgIpc) is 2.88. The number of amides is 1. The fraction of sp³-hybridized carbons (Fsp3) is 0.391. The van der Waals surface area contributed by atoms with Crippen molar-refractivity contribution < 1.29 is 52.6 Å². The van der Waals surface area contributed by atoms with E-state index < -0.39 is 55.7 Å². The zero-order valence-corrected chi connectivity index (χ0v) is 19.4. The number of carbonyl (C=O) groups is 3. The number of nitrogens with one attached hydrogen (secondary N) is 1. The molecule has 194 valence electrons. The summed E-state index contributed by atoms with van der Waals surface area (Å²) in [5, 5.41) is 21.2. The molecule has 1 aliphatic heterocycles. The van der Waals surface area contributed by atoms with Gasteiger partial charge in [0.15, 0.2) is 24.6 Å². The average molecular weight is 506 g/mol. The van der Waals surface area contributed by atoms with Crippen LogP contribution < -0.4 is 5.32 Å². The molecule has 13 nitrogen and oxygen atoms in total. The molecule has 0 bridgehead atoms. The van der Waals surface area contributed by atoms with E-state index in [0.717, 1.165) is 0 Å². The van der Waals surface area contributed by atoms with Crippen LogP contribution in [0.3, 0.4) is 0 Å². The van der Waals surface area contributed by atoms with Crippen molar-refractivity contribution in [3.63, 3.8) is 0 Å². The molecular weight excluding hydrogens is 480 g/mol. The molecule has 5 atom stereocenters. The fourth-order valence-corrected chi connectivity index (χ4v) is 3.06. The van der Waals surface area contributed by atoms with Gasteiger partial charge in [0.1, 0.15) is 19.3 Å².